The summed E-state index contributed by atoms with van der Waals surface area (Å²) >= 11 is 0. The number of hydrogen-bond donors (Lipinski definition) is 2. The van der Waals surface area contributed by atoms with Gasteiger partial charge in [0.15, 0.2) is 0 Å². The van der Waals surface area contributed by atoms with Crippen LogP contribution in [0.2, 0.25) is 0 Å². The molecule has 5 nitrogen and oxygen atoms in total. The molecular formula is C17H26N2O3. The van der Waals surface area contributed by atoms with Gasteiger partial charge in [0.2, 0.25) is 0 Å². The van der Waals surface area contributed by atoms with E-state index in [1.807, 2.05) is 51.1 Å². The van der Waals surface area contributed by atoms with Crippen molar-refractivity contribution in [3.05, 3.63) is 35.9 Å². The molecule has 0 aliphatic carbocycles. The fraction of sp³-hybridized carbons (Fsp3) is 0.588. The van der Waals surface area contributed by atoms with Crippen molar-refractivity contribution in [2.45, 2.75) is 50.9 Å². The number of likely N-dealkylation sites (tertiary alicyclic amines) is 1. The van der Waals surface area contributed by atoms with Crippen LogP contribution in [0.5, 0.6) is 0 Å². The molecule has 1 saturated heterocycles. The molecule has 0 radical (unpaired) electrons. The van der Waals surface area contributed by atoms with Crippen molar-refractivity contribution in [1.29, 1.82) is 0 Å². The Balaban J connectivity index is 1.96. The summed E-state index contributed by atoms with van der Waals surface area (Å²) in [6, 6.07) is 9.42. The highest BCUT2D eigenvalue weighted by Crippen LogP contribution is 2.27. The molecule has 0 spiro atoms. The largest absolute Gasteiger partial charge is 0.444 e. The third kappa shape index (κ3) is 4.21. The predicted molar refractivity (Wildman–Crippen MR) is 85.5 cm³/mol. The molecule has 2 unspecified atom stereocenters. The number of β-amino-alcohol motifs (C(OH)–C–C–N with tert-alkyl or cyclic N) is 1. The summed E-state index contributed by atoms with van der Waals surface area (Å²) in [6.07, 6.45) is 0.662. The number of nitrogens with two attached hydrogens (primary N) is 1. The number of carbonyl (C=O) groups is 1. The van der Waals surface area contributed by atoms with E-state index in [1.54, 1.807) is 0 Å². The Morgan fingerprint density at radius 3 is 2.64 bits per heavy atom. The summed E-state index contributed by atoms with van der Waals surface area (Å²) in [4.78, 5) is 13.6. The first-order valence-corrected chi connectivity index (χ1v) is 7.69. The fourth-order valence-corrected chi connectivity index (χ4v) is 2.66. The highest BCUT2D eigenvalue weighted by atomic mass is 16.6. The molecule has 1 aromatic carbocycles. The third-order valence-electron chi connectivity index (χ3n) is 3.92. The molecule has 1 aliphatic heterocycles. The van der Waals surface area contributed by atoms with E-state index in [1.165, 1.54) is 4.90 Å². The Morgan fingerprint density at radius 2 is 2.05 bits per heavy atom. The van der Waals surface area contributed by atoms with Gasteiger partial charge in [-0.05, 0) is 39.2 Å². The van der Waals surface area contributed by atoms with E-state index in [2.05, 4.69) is 0 Å². The minimum Gasteiger partial charge on any atom is -0.444 e. The Labute approximate surface area is 132 Å². The van der Waals surface area contributed by atoms with Gasteiger partial charge in [0, 0.05) is 12.6 Å². The van der Waals surface area contributed by atoms with Crippen LogP contribution in [0.3, 0.4) is 0 Å². The maximum atomic E-state index is 12.1. The van der Waals surface area contributed by atoms with Crippen molar-refractivity contribution in [3.8, 4) is 0 Å². The lowest BCUT2D eigenvalue weighted by Gasteiger charge is -2.30. The molecule has 1 heterocycles. The molecule has 122 valence electrons. The molecule has 1 aliphatic rings. The number of aliphatic hydroxyl groups is 1. The van der Waals surface area contributed by atoms with Crippen LogP contribution < -0.4 is 5.73 Å². The molecule has 1 fully saturated rings. The predicted octanol–water partition coefficient (Wildman–Crippen LogP) is 1.93. The molecule has 0 saturated carbocycles. The monoisotopic (exact) mass is 306 g/mol. The minimum absolute atomic E-state index is 0.218. The summed E-state index contributed by atoms with van der Waals surface area (Å²) < 4.78 is 5.35. The molecular weight excluding hydrogens is 280 g/mol. The van der Waals surface area contributed by atoms with Gasteiger partial charge in [0.25, 0.3) is 0 Å². The van der Waals surface area contributed by atoms with E-state index in [0.717, 1.165) is 5.56 Å². The first kappa shape index (κ1) is 16.8. The zero-order chi connectivity index (χ0) is 16.4. The first-order valence-electron chi connectivity index (χ1n) is 7.69. The van der Waals surface area contributed by atoms with Crippen molar-refractivity contribution in [2.75, 3.05) is 13.1 Å². The second-order valence-electron chi connectivity index (χ2n) is 7.05. The molecule has 2 atom stereocenters. The summed E-state index contributed by atoms with van der Waals surface area (Å²) in [6.45, 7) is 6.17. The van der Waals surface area contributed by atoms with Gasteiger partial charge in [0.05, 0.1) is 12.1 Å². The maximum Gasteiger partial charge on any atom is 0.410 e. The summed E-state index contributed by atoms with van der Waals surface area (Å²) in [5.41, 5.74) is 5.69. The molecule has 1 aromatic rings. The normalized spacial score (nSPS) is 23.4. The number of benzene rings is 1. The van der Waals surface area contributed by atoms with Crippen LogP contribution in [0.4, 0.5) is 4.79 Å². The van der Waals surface area contributed by atoms with Gasteiger partial charge in [-0.3, -0.25) is 0 Å². The van der Waals surface area contributed by atoms with Crippen molar-refractivity contribution in [3.63, 3.8) is 0 Å². The SMILES string of the molecule is CC(C)(C)OC(=O)N1CCC(O)(C(N)Cc2ccccc2)C1. The number of hydrogen-bond acceptors (Lipinski definition) is 4. The Kier molecular flexibility index (Phi) is 4.78. The molecule has 0 bridgehead atoms. The highest BCUT2D eigenvalue weighted by molar-refractivity contribution is 5.68. The minimum atomic E-state index is -1.06. The smallest absolute Gasteiger partial charge is 0.410 e. The van der Waals surface area contributed by atoms with Gasteiger partial charge < -0.3 is 20.5 Å². The molecule has 3 N–H and O–H groups in total. The first-order chi connectivity index (χ1) is 10.2. The number of nitrogens with zero attached hydrogens (tertiary/aromatic N) is 1. The summed E-state index contributed by atoms with van der Waals surface area (Å²) in [5, 5.41) is 10.8. The zero-order valence-corrected chi connectivity index (χ0v) is 13.6. The van der Waals surface area contributed by atoms with Crippen LogP contribution in [0.1, 0.15) is 32.8 Å². The van der Waals surface area contributed by atoms with Crippen molar-refractivity contribution in [1.82, 2.24) is 4.90 Å². The van der Waals surface area contributed by atoms with Gasteiger partial charge in [-0.25, -0.2) is 4.79 Å². The van der Waals surface area contributed by atoms with Gasteiger partial charge in [-0.15, -0.1) is 0 Å². The molecule has 2 rings (SSSR count). The van der Waals surface area contributed by atoms with Crippen LogP contribution in [0.25, 0.3) is 0 Å². The summed E-state index contributed by atoms with van der Waals surface area (Å²) in [7, 11) is 0. The van der Waals surface area contributed by atoms with E-state index in [4.69, 9.17) is 10.5 Å². The van der Waals surface area contributed by atoms with Crippen LogP contribution >= 0.6 is 0 Å². The number of ether oxygens (including phenoxy) is 1. The zero-order valence-electron chi connectivity index (χ0n) is 13.6. The Hall–Kier alpha value is -1.59. The molecule has 5 heteroatoms. The summed E-state index contributed by atoms with van der Waals surface area (Å²) in [5.74, 6) is 0. The molecule has 22 heavy (non-hydrogen) atoms. The second-order valence-corrected chi connectivity index (χ2v) is 7.05. The van der Waals surface area contributed by atoms with Crippen molar-refractivity contribution < 1.29 is 14.6 Å². The van der Waals surface area contributed by atoms with E-state index in [0.29, 0.717) is 19.4 Å². The quantitative estimate of drug-likeness (QED) is 0.894. The lowest BCUT2D eigenvalue weighted by Crippen LogP contribution is -2.51. The van der Waals surface area contributed by atoms with Crippen molar-refractivity contribution in [2.24, 2.45) is 5.73 Å². The molecule has 1 amide bonds. The topological polar surface area (TPSA) is 75.8 Å². The average Bonchev–Trinajstić information content (AvgIpc) is 2.82. The van der Waals surface area contributed by atoms with Crippen molar-refractivity contribution >= 4 is 6.09 Å². The van der Waals surface area contributed by atoms with E-state index < -0.39 is 23.3 Å². The third-order valence-corrected chi connectivity index (χ3v) is 3.92. The number of amides is 1. The van der Waals surface area contributed by atoms with Gasteiger partial charge in [-0.1, -0.05) is 30.3 Å². The molecule has 0 aromatic heterocycles. The van der Waals surface area contributed by atoms with E-state index in [-0.39, 0.29) is 6.54 Å². The van der Waals surface area contributed by atoms with Crippen LogP contribution in [-0.2, 0) is 11.2 Å². The maximum absolute atomic E-state index is 12.1. The second kappa shape index (κ2) is 6.26. The van der Waals surface area contributed by atoms with Gasteiger partial charge in [0.1, 0.15) is 5.60 Å². The van der Waals surface area contributed by atoms with Crippen LogP contribution in [0, 0.1) is 0 Å². The van der Waals surface area contributed by atoms with E-state index in [9.17, 15) is 9.90 Å². The standard InChI is InChI=1S/C17H26N2O3/c1-16(2,3)22-15(20)19-10-9-17(21,12-19)14(18)11-13-7-5-4-6-8-13/h4-8,14,21H,9-12,18H2,1-3H3. The van der Waals surface area contributed by atoms with Gasteiger partial charge in [-0.2, -0.15) is 0 Å². The number of carbonyl (C=O) groups excluding carboxylic acids is 1. The highest BCUT2D eigenvalue weighted by Gasteiger charge is 2.43. The fourth-order valence-electron chi connectivity index (χ4n) is 2.66. The Bertz CT molecular complexity index is 512. The Morgan fingerprint density at radius 1 is 1.41 bits per heavy atom. The van der Waals surface area contributed by atoms with Crippen LogP contribution in [-0.4, -0.2) is 46.4 Å². The van der Waals surface area contributed by atoms with Crippen LogP contribution in [0.15, 0.2) is 30.3 Å². The van der Waals surface area contributed by atoms with E-state index >= 15 is 0 Å². The lowest BCUT2D eigenvalue weighted by molar-refractivity contribution is 0.00559. The lowest BCUT2D eigenvalue weighted by atomic mass is 9.89. The average molecular weight is 306 g/mol. The van der Waals surface area contributed by atoms with Gasteiger partial charge >= 0.3 is 6.09 Å². The number of rotatable bonds is 3.